The molecule has 104 valence electrons. The number of hydrogen-bond acceptors (Lipinski definition) is 3. The number of rotatable bonds is 2. The second-order valence-corrected chi connectivity index (χ2v) is 5.95. The maximum Gasteiger partial charge on any atom is 0.123 e. The summed E-state index contributed by atoms with van der Waals surface area (Å²) in [6, 6.07) is 6.13. The van der Waals surface area contributed by atoms with Gasteiger partial charge in [-0.15, -0.1) is 0 Å². The molecule has 1 heterocycles. The van der Waals surface area contributed by atoms with E-state index >= 15 is 0 Å². The van der Waals surface area contributed by atoms with E-state index < -0.39 is 11.1 Å². The van der Waals surface area contributed by atoms with Crippen LogP contribution in [-0.2, 0) is 0 Å². The Morgan fingerprint density at radius 2 is 1.58 bits per heavy atom. The van der Waals surface area contributed by atoms with Crippen molar-refractivity contribution >= 4 is 5.57 Å². The smallest absolute Gasteiger partial charge is 0.123 e. The molecule has 0 amide bonds. The highest BCUT2D eigenvalue weighted by molar-refractivity contribution is 5.79. The summed E-state index contributed by atoms with van der Waals surface area (Å²) in [6.07, 6.45) is 0. The largest absolute Gasteiger partial charge is 0.392 e. The summed E-state index contributed by atoms with van der Waals surface area (Å²) in [7, 11) is 0. The van der Waals surface area contributed by atoms with Gasteiger partial charge < -0.3 is 10.3 Å². The Hall–Kier alpha value is -1.23. The van der Waals surface area contributed by atoms with Crippen molar-refractivity contribution in [3.05, 3.63) is 41.2 Å². The molecule has 0 spiro atoms. The van der Waals surface area contributed by atoms with Crippen molar-refractivity contribution in [3.8, 4) is 0 Å². The number of aliphatic hydroxyl groups excluding tert-OH is 1. The zero-order valence-corrected chi connectivity index (χ0v) is 11.7. The van der Waals surface area contributed by atoms with Gasteiger partial charge in [0.1, 0.15) is 5.82 Å². The zero-order valence-electron chi connectivity index (χ0n) is 11.7. The van der Waals surface area contributed by atoms with Crippen LogP contribution < -0.4 is 0 Å². The summed E-state index contributed by atoms with van der Waals surface area (Å²) in [4.78, 5) is 0. The topological polar surface area (TPSA) is 43.7 Å². The molecule has 2 rings (SSSR count). The van der Waals surface area contributed by atoms with Crippen molar-refractivity contribution in [3.63, 3.8) is 0 Å². The molecule has 0 aromatic heterocycles. The van der Waals surface area contributed by atoms with Gasteiger partial charge in [0.25, 0.3) is 0 Å². The molecule has 1 aliphatic rings. The molecule has 3 nitrogen and oxygen atoms in total. The van der Waals surface area contributed by atoms with Crippen LogP contribution in [0.25, 0.3) is 5.57 Å². The average molecular weight is 265 g/mol. The maximum atomic E-state index is 13.0. The summed E-state index contributed by atoms with van der Waals surface area (Å²) < 4.78 is 13.0. The van der Waals surface area contributed by atoms with Crippen molar-refractivity contribution in [2.45, 2.75) is 38.8 Å². The van der Waals surface area contributed by atoms with Gasteiger partial charge in [0, 0.05) is 0 Å². The lowest BCUT2D eigenvalue weighted by molar-refractivity contribution is -0.184. The van der Waals surface area contributed by atoms with Gasteiger partial charge in [0.2, 0.25) is 0 Å². The quantitative estimate of drug-likeness (QED) is 0.864. The summed E-state index contributed by atoms with van der Waals surface area (Å²) in [5.74, 6) is -0.300. The molecule has 4 heteroatoms. The van der Waals surface area contributed by atoms with Gasteiger partial charge in [-0.3, -0.25) is 0 Å². The van der Waals surface area contributed by atoms with E-state index in [-0.39, 0.29) is 12.4 Å². The molecular formula is C15H20FNO2. The van der Waals surface area contributed by atoms with Crippen LogP contribution in [-0.4, -0.2) is 33.1 Å². The molecule has 1 aromatic rings. The fourth-order valence-corrected chi connectivity index (χ4v) is 3.02. The van der Waals surface area contributed by atoms with E-state index in [9.17, 15) is 14.7 Å². The van der Waals surface area contributed by atoms with Crippen molar-refractivity contribution in [2.75, 3.05) is 6.61 Å². The first kappa shape index (κ1) is 14.2. The molecule has 0 fully saturated rings. The molecule has 0 bridgehead atoms. The van der Waals surface area contributed by atoms with E-state index in [1.165, 1.54) is 17.2 Å². The first-order valence-corrected chi connectivity index (χ1v) is 6.33. The van der Waals surface area contributed by atoms with Gasteiger partial charge in [-0.25, -0.2) is 4.39 Å². The van der Waals surface area contributed by atoms with Crippen LogP contribution in [0.3, 0.4) is 0 Å². The first-order valence-electron chi connectivity index (χ1n) is 6.33. The van der Waals surface area contributed by atoms with Crippen LogP contribution in [0.4, 0.5) is 4.39 Å². The lowest BCUT2D eigenvalue weighted by atomic mass is 9.86. The third-order valence-electron chi connectivity index (χ3n) is 4.00. The highest BCUT2D eigenvalue weighted by Crippen LogP contribution is 2.48. The minimum absolute atomic E-state index is 0.139. The molecule has 0 atom stereocenters. The third-order valence-corrected chi connectivity index (χ3v) is 4.00. The van der Waals surface area contributed by atoms with Crippen molar-refractivity contribution in [2.24, 2.45) is 0 Å². The van der Waals surface area contributed by atoms with Crippen molar-refractivity contribution in [1.29, 1.82) is 0 Å². The van der Waals surface area contributed by atoms with Gasteiger partial charge in [-0.05, 0) is 56.5 Å². The molecule has 0 aliphatic carbocycles. The van der Waals surface area contributed by atoms with E-state index in [2.05, 4.69) is 0 Å². The summed E-state index contributed by atoms with van der Waals surface area (Å²) in [5.41, 5.74) is 1.13. The zero-order chi connectivity index (χ0) is 14.4. The standard InChI is InChI=1S/C15H20FNO2/c1-14(2)12(9-18)13(15(3,4)17(14)19)10-5-7-11(16)8-6-10/h5-8,18-19H,9H2,1-4H3. The number of hydroxylamine groups is 2. The van der Waals surface area contributed by atoms with Gasteiger partial charge in [-0.2, -0.15) is 5.06 Å². The van der Waals surface area contributed by atoms with Crippen LogP contribution in [0, 0.1) is 5.82 Å². The fourth-order valence-electron chi connectivity index (χ4n) is 3.02. The molecule has 0 radical (unpaired) electrons. The minimum Gasteiger partial charge on any atom is -0.392 e. The molecule has 2 N–H and O–H groups in total. The normalized spacial score (nSPS) is 22.1. The molecule has 1 aromatic carbocycles. The van der Waals surface area contributed by atoms with Gasteiger partial charge >= 0.3 is 0 Å². The Balaban J connectivity index is 2.65. The van der Waals surface area contributed by atoms with E-state index in [4.69, 9.17) is 0 Å². The SMILES string of the molecule is CC1(C)C(CO)=C(c2ccc(F)cc2)C(C)(C)N1O. The maximum absolute atomic E-state index is 13.0. The molecule has 19 heavy (non-hydrogen) atoms. The van der Waals surface area contributed by atoms with Gasteiger partial charge in [-0.1, -0.05) is 12.1 Å². The van der Waals surface area contributed by atoms with Crippen LogP contribution in [0.1, 0.15) is 33.3 Å². The number of benzene rings is 1. The lowest BCUT2D eigenvalue weighted by Gasteiger charge is -2.37. The summed E-state index contributed by atoms with van der Waals surface area (Å²) in [6.45, 7) is 7.35. The molecule has 0 saturated heterocycles. The molecule has 0 unspecified atom stereocenters. The Kier molecular flexibility index (Phi) is 3.29. The van der Waals surface area contributed by atoms with Crippen LogP contribution in [0.15, 0.2) is 29.8 Å². The monoisotopic (exact) mass is 265 g/mol. The summed E-state index contributed by atoms with van der Waals surface area (Å²) in [5, 5.41) is 21.3. The predicted molar refractivity (Wildman–Crippen MR) is 72.2 cm³/mol. The van der Waals surface area contributed by atoms with Gasteiger partial charge in [0.05, 0.1) is 17.7 Å². The van der Waals surface area contributed by atoms with E-state index in [0.29, 0.717) is 0 Å². The number of halogens is 1. The predicted octanol–water partition coefficient (Wildman–Crippen LogP) is 2.83. The van der Waals surface area contributed by atoms with Crippen LogP contribution in [0.5, 0.6) is 0 Å². The second-order valence-electron chi connectivity index (χ2n) is 5.95. The van der Waals surface area contributed by atoms with E-state index in [1.807, 2.05) is 27.7 Å². The van der Waals surface area contributed by atoms with E-state index in [0.717, 1.165) is 16.7 Å². The van der Waals surface area contributed by atoms with E-state index in [1.54, 1.807) is 12.1 Å². The highest BCUT2D eigenvalue weighted by Gasteiger charge is 2.50. The average Bonchev–Trinajstić information content (AvgIpc) is 2.48. The van der Waals surface area contributed by atoms with Crippen molar-refractivity contribution in [1.82, 2.24) is 5.06 Å². The molecule has 0 saturated carbocycles. The number of hydrogen-bond donors (Lipinski definition) is 2. The number of aliphatic hydroxyl groups is 1. The van der Waals surface area contributed by atoms with Crippen molar-refractivity contribution < 1.29 is 14.7 Å². The molecule has 1 aliphatic heterocycles. The molecular weight excluding hydrogens is 245 g/mol. The Morgan fingerprint density at radius 3 is 2.05 bits per heavy atom. The Bertz CT molecular complexity index is 517. The number of nitrogens with zero attached hydrogens (tertiary/aromatic N) is 1. The van der Waals surface area contributed by atoms with Gasteiger partial charge in [0.15, 0.2) is 0 Å². The lowest BCUT2D eigenvalue weighted by Crippen LogP contribution is -2.48. The highest BCUT2D eigenvalue weighted by atomic mass is 19.1. The summed E-state index contributed by atoms with van der Waals surface area (Å²) >= 11 is 0. The Morgan fingerprint density at radius 1 is 1.05 bits per heavy atom. The second kappa shape index (κ2) is 4.40. The first-order chi connectivity index (χ1) is 8.72. The minimum atomic E-state index is -0.651. The van der Waals surface area contributed by atoms with Crippen LogP contribution in [0.2, 0.25) is 0 Å². The van der Waals surface area contributed by atoms with Crippen LogP contribution >= 0.6 is 0 Å². The third kappa shape index (κ3) is 2.00. The fraction of sp³-hybridized carbons (Fsp3) is 0.467. The Labute approximate surface area is 112 Å².